The minimum atomic E-state index is -0.267. The summed E-state index contributed by atoms with van der Waals surface area (Å²) < 4.78 is 8.93. The number of aryl methyl sites for hydroxylation is 1. The number of para-hydroxylation sites is 1. The van der Waals surface area contributed by atoms with Crippen LogP contribution in [0.5, 0.6) is 0 Å². The zero-order valence-corrected chi connectivity index (χ0v) is 18.8. The van der Waals surface area contributed by atoms with Gasteiger partial charge < -0.3 is 9.73 Å². The number of aromatic nitrogens is 4. The highest BCUT2D eigenvalue weighted by atomic mass is 32.2. The maximum atomic E-state index is 12.9. The van der Waals surface area contributed by atoms with Gasteiger partial charge in [0.2, 0.25) is 11.8 Å². The molecule has 0 saturated heterocycles. The van der Waals surface area contributed by atoms with Gasteiger partial charge in [0, 0.05) is 24.8 Å². The van der Waals surface area contributed by atoms with Crippen molar-refractivity contribution in [2.75, 3.05) is 11.1 Å². The molecule has 0 aliphatic carbocycles. The van der Waals surface area contributed by atoms with Crippen LogP contribution in [0.2, 0.25) is 0 Å². The molecule has 0 aliphatic heterocycles. The van der Waals surface area contributed by atoms with E-state index in [0.717, 1.165) is 16.8 Å². The van der Waals surface area contributed by atoms with Crippen molar-refractivity contribution in [1.29, 1.82) is 0 Å². The second-order valence-electron chi connectivity index (χ2n) is 7.32. The molecule has 0 spiro atoms. The van der Waals surface area contributed by atoms with Gasteiger partial charge in [0.25, 0.3) is 10.8 Å². The summed E-state index contributed by atoms with van der Waals surface area (Å²) in [7, 11) is 1.79. The van der Waals surface area contributed by atoms with Crippen LogP contribution in [0.3, 0.4) is 0 Å². The summed E-state index contributed by atoms with van der Waals surface area (Å²) >= 11 is 1.30. The first kappa shape index (κ1) is 21.6. The number of thioether (sulfide) groups is 1. The Labute approximate surface area is 189 Å². The number of nitrogens with one attached hydrogen (secondary N) is 1. The van der Waals surface area contributed by atoms with Gasteiger partial charge in [0.05, 0.1) is 11.4 Å². The number of amides is 1. The number of anilines is 1. The highest BCUT2D eigenvalue weighted by Crippen LogP contribution is 2.24. The molecule has 0 fully saturated rings. The molecule has 0 bridgehead atoms. The standard InChI is InChI=1S/C23H23N5O3S/c1-15-9-11-17(12-10-15)21-25-26-23(31-21)32-14-13-19(29)24-20-16(2)27(3)28(22(20)30)18-7-5-4-6-8-18/h4-12H,13-14H2,1-3H3,(H,24,29). The molecule has 1 N–H and O–H groups in total. The van der Waals surface area contributed by atoms with E-state index < -0.39 is 0 Å². The van der Waals surface area contributed by atoms with Crippen molar-refractivity contribution in [2.24, 2.45) is 7.05 Å². The third-order valence-corrected chi connectivity index (χ3v) is 5.90. The molecular formula is C23H23N5O3S. The fraction of sp³-hybridized carbons (Fsp3) is 0.217. The molecule has 0 unspecified atom stereocenters. The topological polar surface area (TPSA) is 95.0 Å². The lowest BCUT2D eigenvalue weighted by Crippen LogP contribution is -2.23. The zero-order valence-electron chi connectivity index (χ0n) is 18.0. The highest BCUT2D eigenvalue weighted by Gasteiger charge is 2.18. The van der Waals surface area contributed by atoms with E-state index in [9.17, 15) is 9.59 Å². The number of carbonyl (C=O) groups excluding carboxylic acids is 1. The van der Waals surface area contributed by atoms with Crippen LogP contribution in [-0.2, 0) is 11.8 Å². The van der Waals surface area contributed by atoms with Crippen molar-refractivity contribution < 1.29 is 9.21 Å². The lowest BCUT2D eigenvalue weighted by Gasteiger charge is -2.07. The number of nitrogens with zero attached hydrogens (tertiary/aromatic N) is 4. The quantitative estimate of drug-likeness (QED) is 0.429. The van der Waals surface area contributed by atoms with Gasteiger partial charge in [0.15, 0.2) is 0 Å². The molecule has 0 atom stereocenters. The van der Waals surface area contributed by atoms with Crippen molar-refractivity contribution in [1.82, 2.24) is 19.6 Å². The molecule has 2 aromatic carbocycles. The number of benzene rings is 2. The summed E-state index contributed by atoms with van der Waals surface area (Å²) in [6.07, 6.45) is 0.200. The fourth-order valence-corrected chi connectivity index (χ4v) is 3.92. The molecule has 164 valence electrons. The Hall–Kier alpha value is -3.59. The zero-order chi connectivity index (χ0) is 22.7. The van der Waals surface area contributed by atoms with Gasteiger partial charge in [-0.2, -0.15) is 0 Å². The molecule has 0 saturated carbocycles. The van der Waals surface area contributed by atoms with Crippen molar-refractivity contribution >= 4 is 23.4 Å². The first-order valence-corrected chi connectivity index (χ1v) is 11.1. The van der Waals surface area contributed by atoms with Gasteiger partial charge in [-0.1, -0.05) is 47.7 Å². The lowest BCUT2D eigenvalue weighted by atomic mass is 10.1. The highest BCUT2D eigenvalue weighted by molar-refractivity contribution is 7.99. The summed E-state index contributed by atoms with van der Waals surface area (Å²) in [5, 5.41) is 11.2. The van der Waals surface area contributed by atoms with Gasteiger partial charge in [-0.25, -0.2) is 4.68 Å². The Morgan fingerprint density at radius 1 is 1.06 bits per heavy atom. The summed E-state index contributed by atoms with van der Waals surface area (Å²) in [6.45, 7) is 3.81. The normalized spacial score (nSPS) is 11.0. The average Bonchev–Trinajstić information content (AvgIpc) is 3.34. The molecule has 4 rings (SSSR count). The Bertz CT molecular complexity index is 1290. The molecular weight excluding hydrogens is 426 g/mol. The molecule has 32 heavy (non-hydrogen) atoms. The average molecular weight is 450 g/mol. The Balaban J connectivity index is 1.37. The van der Waals surface area contributed by atoms with E-state index in [4.69, 9.17) is 4.42 Å². The van der Waals surface area contributed by atoms with Gasteiger partial charge in [-0.15, -0.1) is 10.2 Å². The molecule has 0 radical (unpaired) electrons. The Kier molecular flexibility index (Phi) is 6.27. The number of hydrogen-bond acceptors (Lipinski definition) is 6. The van der Waals surface area contributed by atoms with E-state index >= 15 is 0 Å². The smallest absolute Gasteiger partial charge is 0.295 e. The van der Waals surface area contributed by atoms with E-state index in [1.165, 1.54) is 16.4 Å². The molecule has 0 aliphatic rings. The second kappa shape index (κ2) is 9.27. The third-order valence-electron chi connectivity index (χ3n) is 5.08. The predicted octanol–water partition coefficient (Wildman–Crippen LogP) is 3.96. The third kappa shape index (κ3) is 4.52. The van der Waals surface area contributed by atoms with Crippen LogP contribution in [0, 0.1) is 13.8 Å². The summed E-state index contributed by atoms with van der Waals surface area (Å²) in [6, 6.07) is 17.1. The number of carbonyl (C=O) groups is 1. The van der Waals surface area contributed by atoms with Crippen molar-refractivity contribution in [2.45, 2.75) is 25.5 Å². The van der Waals surface area contributed by atoms with Crippen LogP contribution in [0.15, 0.2) is 69.0 Å². The van der Waals surface area contributed by atoms with Crippen LogP contribution in [0.4, 0.5) is 5.69 Å². The summed E-state index contributed by atoms with van der Waals surface area (Å²) in [5.74, 6) is 0.639. The maximum absolute atomic E-state index is 12.9. The van der Waals surface area contributed by atoms with E-state index in [2.05, 4.69) is 15.5 Å². The first-order chi connectivity index (χ1) is 15.4. The Morgan fingerprint density at radius 3 is 2.50 bits per heavy atom. The largest absolute Gasteiger partial charge is 0.411 e. The van der Waals surface area contributed by atoms with Gasteiger partial charge in [0.1, 0.15) is 5.69 Å². The van der Waals surface area contributed by atoms with E-state index in [-0.39, 0.29) is 23.6 Å². The van der Waals surface area contributed by atoms with E-state index in [1.54, 1.807) is 18.7 Å². The second-order valence-corrected chi connectivity index (χ2v) is 8.37. The molecule has 4 aromatic rings. The first-order valence-electron chi connectivity index (χ1n) is 10.1. The predicted molar refractivity (Wildman–Crippen MR) is 124 cm³/mol. The van der Waals surface area contributed by atoms with Crippen LogP contribution >= 0.6 is 11.8 Å². The van der Waals surface area contributed by atoms with Crippen LogP contribution in [-0.4, -0.2) is 31.2 Å². The number of rotatable bonds is 7. The minimum Gasteiger partial charge on any atom is -0.411 e. The van der Waals surface area contributed by atoms with Gasteiger partial charge >= 0.3 is 0 Å². The maximum Gasteiger partial charge on any atom is 0.295 e. The van der Waals surface area contributed by atoms with Crippen molar-refractivity contribution in [3.05, 3.63) is 76.2 Å². The summed E-state index contributed by atoms with van der Waals surface area (Å²) in [4.78, 5) is 25.4. The monoisotopic (exact) mass is 449 g/mol. The molecule has 8 nitrogen and oxygen atoms in total. The lowest BCUT2D eigenvalue weighted by molar-refractivity contribution is -0.115. The van der Waals surface area contributed by atoms with Gasteiger partial charge in [-0.3, -0.25) is 14.3 Å². The van der Waals surface area contributed by atoms with E-state index in [0.29, 0.717) is 22.6 Å². The number of hydrogen-bond donors (Lipinski definition) is 1. The van der Waals surface area contributed by atoms with Crippen LogP contribution in [0.25, 0.3) is 17.1 Å². The molecule has 1 amide bonds. The van der Waals surface area contributed by atoms with Crippen molar-refractivity contribution in [3.63, 3.8) is 0 Å². The van der Waals surface area contributed by atoms with Gasteiger partial charge in [-0.05, 0) is 38.1 Å². The minimum absolute atomic E-state index is 0.200. The fourth-order valence-electron chi connectivity index (χ4n) is 3.23. The molecule has 2 heterocycles. The van der Waals surface area contributed by atoms with Crippen LogP contribution < -0.4 is 10.9 Å². The Morgan fingerprint density at radius 2 is 1.78 bits per heavy atom. The van der Waals surface area contributed by atoms with Crippen molar-refractivity contribution in [3.8, 4) is 17.1 Å². The molecule has 9 heteroatoms. The van der Waals surface area contributed by atoms with Crippen LogP contribution in [0.1, 0.15) is 17.7 Å². The molecule has 2 aromatic heterocycles. The summed E-state index contributed by atoms with van der Waals surface area (Å²) in [5.41, 5.74) is 3.43. The SMILES string of the molecule is Cc1ccc(-c2nnc(SCCC(=O)Nc3c(C)n(C)n(-c4ccccc4)c3=O)o2)cc1. The van der Waals surface area contributed by atoms with E-state index in [1.807, 2.05) is 61.5 Å².